The molecule has 0 unspecified atom stereocenters. The summed E-state index contributed by atoms with van der Waals surface area (Å²) in [4.78, 5) is 25.7. The van der Waals surface area contributed by atoms with Crippen molar-refractivity contribution in [2.45, 2.75) is 27.2 Å². The highest BCUT2D eigenvalue weighted by Gasteiger charge is 2.18. The van der Waals surface area contributed by atoms with Crippen LogP contribution in [0.3, 0.4) is 0 Å². The van der Waals surface area contributed by atoms with Gasteiger partial charge in [-0.25, -0.2) is 9.07 Å². The standard InChI is InChI=1S/C27H25FN4O2/c1-17-23(27(34)29-21-8-5-4-6-9-21)10-7-11-25(17)30-26(33)16-24-18(2)31-32(19(24)3)22-14-12-20(28)13-15-22/h4-15H,16H2,1-3H3,(H,29,34)(H,30,33). The molecule has 34 heavy (non-hydrogen) atoms. The van der Waals surface area contributed by atoms with E-state index in [9.17, 15) is 14.0 Å². The summed E-state index contributed by atoms with van der Waals surface area (Å²) in [5.41, 5.74) is 5.51. The number of rotatable bonds is 6. The second-order valence-electron chi connectivity index (χ2n) is 8.06. The third-order valence-corrected chi connectivity index (χ3v) is 5.73. The van der Waals surface area contributed by atoms with Crippen molar-refractivity contribution in [3.05, 3.63) is 107 Å². The Kier molecular flexibility index (Phi) is 6.54. The van der Waals surface area contributed by atoms with E-state index < -0.39 is 0 Å². The third kappa shape index (κ3) is 4.88. The van der Waals surface area contributed by atoms with Gasteiger partial charge in [-0.1, -0.05) is 24.3 Å². The van der Waals surface area contributed by atoms with Gasteiger partial charge in [-0.05, 0) is 74.9 Å². The Labute approximate surface area is 197 Å². The number of carbonyl (C=O) groups excluding carboxylic acids is 2. The van der Waals surface area contributed by atoms with Gasteiger partial charge < -0.3 is 10.6 Å². The fraction of sp³-hybridized carbons (Fsp3) is 0.148. The molecule has 0 fully saturated rings. The topological polar surface area (TPSA) is 76.0 Å². The summed E-state index contributed by atoms with van der Waals surface area (Å²) in [6.07, 6.45) is 0.124. The van der Waals surface area contributed by atoms with E-state index >= 15 is 0 Å². The Hall–Kier alpha value is -4.26. The van der Waals surface area contributed by atoms with Gasteiger partial charge in [0.05, 0.1) is 17.8 Å². The maximum absolute atomic E-state index is 13.3. The number of aryl methyl sites for hydroxylation is 1. The Morgan fingerprint density at radius 3 is 2.29 bits per heavy atom. The average molecular weight is 457 g/mol. The number of benzene rings is 3. The normalized spacial score (nSPS) is 10.7. The van der Waals surface area contributed by atoms with Gasteiger partial charge in [0.1, 0.15) is 5.82 Å². The molecule has 2 N–H and O–H groups in total. The highest BCUT2D eigenvalue weighted by atomic mass is 19.1. The van der Waals surface area contributed by atoms with E-state index in [0.29, 0.717) is 22.5 Å². The molecule has 0 aliphatic heterocycles. The van der Waals surface area contributed by atoms with Crippen LogP contribution in [0, 0.1) is 26.6 Å². The minimum Gasteiger partial charge on any atom is -0.326 e. The molecule has 0 aliphatic carbocycles. The first-order valence-corrected chi connectivity index (χ1v) is 10.9. The Balaban J connectivity index is 1.50. The van der Waals surface area contributed by atoms with Crippen LogP contribution < -0.4 is 10.6 Å². The lowest BCUT2D eigenvalue weighted by Gasteiger charge is -2.13. The summed E-state index contributed by atoms with van der Waals surface area (Å²) in [6.45, 7) is 5.53. The SMILES string of the molecule is Cc1nn(-c2ccc(F)cc2)c(C)c1CC(=O)Nc1cccc(C(=O)Nc2ccccc2)c1C. The van der Waals surface area contributed by atoms with Gasteiger partial charge in [0.25, 0.3) is 5.91 Å². The monoisotopic (exact) mass is 456 g/mol. The van der Waals surface area contributed by atoms with Crippen LogP contribution >= 0.6 is 0 Å². The molecule has 1 heterocycles. The second-order valence-corrected chi connectivity index (χ2v) is 8.06. The zero-order chi connectivity index (χ0) is 24.2. The first kappa shape index (κ1) is 22.9. The number of hydrogen-bond donors (Lipinski definition) is 2. The van der Waals surface area contributed by atoms with Gasteiger partial charge in [-0.2, -0.15) is 5.10 Å². The molecule has 0 radical (unpaired) electrons. The summed E-state index contributed by atoms with van der Waals surface area (Å²) in [7, 11) is 0. The van der Waals surface area contributed by atoms with Crippen LogP contribution in [0.5, 0.6) is 0 Å². The van der Waals surface area contributed by atoms with Gasteiger partial charge in [0, 0.05) is 28.2 Å². The number of anilines is 2. The summed E-state index contributed by atoms with van der Waals surface area (Å²) in [5, 5.41) is 10.3. The van der Waals surface area contributed by atoms with Crippen molar-refractivity contribution in [2.75, 3.05) is 10.6 Å². The Morgan fingerprint density at radius 1 is 0.882 bits per heavy atom. The maximum atomic E-state index is 13.3. The van der Waals surface area contributed by atoms with E-state index in [1.54, 1.807) is 41.9 Å². The van der Waals surface area contributed by atoms with Gasteiger partial charge in [-0.3, -0.25) is 9.59 Å². The predicted molar refractivity (Wildman–Crippen MR) is 131 cm³/mol. The zero-order valence-corrected chi connectivity index (χ0v) is 19.2. The molecule has 0 atom stereocenters. The number of halogens is 1. The van der Waals surface area contributed by atoms with Gasteiger partial charge in [-0.15, -0.1) is 0 Å². The average Bonchev–Trinajstić information content (AvgIpc) is 3.10. The Bertz CT molecular complexity index is 1350. The number of amides is 2. The van der Waals surface area contributed by atoms with E-state index in [4.69, 9.17) is 0 Å². The largest absolute Gasteiger partial charge is 0.326 e. The van der Waals surface area contributed by atoms with Crippen LogP contribution in [-0.4, -0.2) is 21.6 Å². The highest BCUT2D eigenvalue weighted by molar-refractivity contribution is 6.07. The summed E-state index contributed by atoms with van der Waals surface area (Å²) in [6, 6.07) is 20.5. The third-order valence-electron chi connectivity index (χ3n) is 5.73. The molecule has 2 amide bonds. The van der Waals surface area contributed by atoms with E-state index in [1.807, 2.05) is 44.2 Å². The second kappa shape index (κ2) is 9.70. The van der Waals surface area contributed by atoms with E-state index in [-0.39, 0.29) is 24.1 Å². The van der Waals surface area contributed by atoms with Crippen LogP contribution in [0.15, 0.2) is 72.8 Å². The van der Waals surface area contributed by atoms with Crippen LogP contribution in [-0.2, 0) is 11.2 Å². The molecule has 1 aromatic heterocycles. The molecule has 6 nitrogen and oxygen atoms in total. The number of carbonyl (C=O) groups is 2. The van der Waals surface area contributed by atoms with Crippen LogP contribution in [0.25, 0.3) is 5.69 Å². The summed E-state index contributed by atoms with van der Waals surface area (Å²) in [5.74, 6) is -0.777. The van der Waals surface area contributed by atoms with Crippen molar-refractivity contribution < 1.29 is 14.0 Å². The van der Waals surface area contributed by atoms with Gasteiger partial charge in [0.15, 0.2) is 0 Å². The number of nitrogens with zero attached hydrogens (tertiary/aromatic N) is 2. The lowest BCUT2D eigenvalue weighted by Crippen LogP contribution is -2.18. The van der Waals surface area contributed by atoms with Crippen molar-refractivity contribution in [2.24, 2.45) is 0 Å². The molecule has 0 saturated heterocycles. The molecule has 0 bridgehead atoms. The van der Waals surface area contributed by atoms with E-state index in [1.165, 1.54) is 12.1 Å². The van der Waals surface area contributed by atoms with Crippen LogP contribution in [0.4, 0.5) is 15.8 Å². The molecule has 172 valence electrons. The predicted octanol–water partition coefficient (Wildman–Crippen LogP) is 5.37. The van der Waals surface area contributed by atoms with Crippen molar-refractivity contribution in [3.8, 4) is 5.69 Å². The van der Waals surface area contributed by atoms with Crippen LogP contribution in [0.1, 0.15) is 32.9 Å². The minimum absolute atomic E-state index is 0.124. The van der Waals surface area contributed by atoms with E-state index in [2.05, 4.69) is 15.7 Å². The molecule has 0 spiro atoms. The molecule has 4 aromatic rings. The molecular formula is C27H25FN4O2. The van der Waals surface area contributed by atoms with Crippen molar-refractivity contribution in [3.63, 3.8) is 0 Å². The fourth-order valence-electron chi connectivity index (χ4n) is 3.86. The first-order valence-electron chi connectivity index (χ1n) is 10.9. The molecular weight excluding hydrogens is 431 g/mol. The molecule has 3 aromatic carbocycles. The number of hydrogen-bond acceptors (Lipinski definition) is 3. The maximum Gasteiger partial charge on any atom is 0.256 e. The van der Waals surface area contributed by atoms with Crippen molar-refractivity contribution in [1.82, 2.24) is 9.78 Å². The zero-order valence-electron chi connectivity index (χ0n) is 19.2. The highest BCUT2D eigenvalue weighted by Crippen LogP contribution is 2.23. The minimum atomic E-state index is -0.320. The van der Waals surface area contributed by atoms with Crippen molar-refractivity contribution in [1.29, 1.82) is 0 Å². The van der Waals surface area contributed by atoms with Crippen molar-refractivity contribution >= 4 is 23.2 Å². The molecule has 0 saturated carbocycles. The lowest BCUT2D eigenvalue weighted by molar-refractivity contribution is -0.115. The number of para-hydroxylation sites is 1. The number of nitrogens with one attached hydrogen (secondary N) is 2. The molecule has 0 aliphatic rings. The van der Waals surface area contributed by atoms with Gasteiger partial charge in [0.2, 0.25) is 5.91 Å². The summed E-state index contributed by atoms with van der Waals surface area (Å²) >= 11 is 0. The molecule has 4 rings (SSSR count). The summed E-state index contributed by atoms with van der Waals surface area (Å²) < 4.78 is 15.0. The lowest BCUT2D eigenvalue weighted by atomic mass is 10.0. The quantitative estimate of drug-likeness (QED) is 0.410. The number of aromatic nitrogens is 2. The Morgan fingerprint density at radius 2 is 1.59 bits per heavy atom. The molecule has 7 heteroatoms. The smallest absolute Gasteiger partial charge is 0.256 e. The fourth-order valence-corrected chi connectivity index (χ4v) is 3.86. The van der Waals surface area contributed by atoms with Crippen LogP contribution in [0.2, 0.25) is 0 Å². The first-order chi connectivity index (χ1) is 16.3. The van der Waals surface area contributed by atoms with Gasteiger partial charge >= 0.3 is 0 Å². The van der Waals surface area contributed by atoms with E-state index in [0.717, 1.165) is 22.6 Å².